The molecule has 3 N–H and O–H groups in total. The second-order valence-corrected chi connectivity index (χ2v) is 3.46. The summed E-state index contributed by atoms with van der Waals surface area (Å²) in [6, 6.07) is 4.34. The number of nitrogens with two attached hydrogens (primary N) is 1. The van der Waals surface area contributed by atoms with Crippen molar-refractivity contribution in [1.29, 1.82) is 0 Å². The minimum Gasteiger partial charge on any atom is -0.493 e. The first kappa shape index (κ1) is 12.3. The average molecular weight is 225 g/mol. The Kier molecular flexibility index (Phi) is 4.13. The molecule has 1 rings (SSSR count). The number of ether oxygens (including phenoxy) is 2. The van der Waals surface area contributed by atoms with Gasteiger partial charge in [-0.2, -0.15) is 0 Å². The maximum absolute atomic E-state index is 10.7. The Balaban J connectivity index is 2.89. The van der Waals surface area contributed by atoms with Crippen LogP contribution in [0.5, 0.6) is 11.5 Å². The summed E-state index contributed by atoms with van der Waals surface area (Å²) < 4.78 is 10.4. The molecule has 0 spiro atoms. The first-order chi connectivity index (χ1) is 7.54. The third-order valence-corrected chi connectivity index (χ3v) is 1.91. The van der Waals surface area contributed by atoms with Crippen molar-refractivity contribution in [2.45, 2.75) is 13.0 Å². The number of methoxy groups -OCH3 is 1. The predicted molar refractivity (Wildman–Crippen MR) is 59.1 cm³/mol. The van der Waals surface area contributed by atoms with Crippen LogP contribution in [0, 0.1) is 0 Å². The van der Waals surface area contributed by atoms with Crippen LogP contribution in [0.4, 0.5) is 0 Å². The smallest absolute Gasteiger partial charge is 0.335 e. The Bertz CT molecular complexity index is 376. The van der Waals surface area contributed by atoms with Crippen molar-refractivity contribution >= 4 is 5.97 Å². The van der Waals surface area contributed by atoms with Gasteiger partial charge in [-0.05, 0) is 25.1 Å². The van der Waals surface area contributed by atoms with E-state index in [1.54, 1.807) is 6.07 Å². The van der Waals surface area contributed by atoms with Gasteiger partial charge in [0, 0.05) is 6.04 Å². The summed E-state index contributed by atoms with van der Waals surface area (Å²) >= 11 is 0. The number of hydrogen-bond donors (Lipinski definition) is 2. The number of benzene rings is 1. The molecule has 0 aliphatic rings. The van der Waals surface area contributed by atoms with Gasteiger partial charge in [-0.25, -0.2) is 4.79 Å². The molecule has 0 fully saturated rings. The molecular formula is C11H15NO4. The fourth-order valence-corrected chi connectivity index (χ4v) is 1.14. The second-order valence-electron chi connectivity index (χ2n) is 3.46. The standard InChI is InChI=1S/C11H15NO4/c1-7(12)6-16-9-4-3-8(11(13)14)5-10(9)15-2/h3-5,7H,6,12H2,1-2H3,(H,13,14)/t7-/m1/s1. The van der Waals surface area contributed by atoms with Crippen LogP contribution in [-0.4, -0.2) is 30.8 Å². The van der Waals surface area contributed by atoms with Gasteiger partial charge in [0.25, 0.3) is 0 Å². The van der Waals surface area contributed by atoms with Gasteiger partial charge in [-0.15, -0.1) is 0 Å². The molecule has 0 aromatic heterocycles. The van der Waals surface area contributed by atoms with E-state index in [2.05, 4.69) is 0 Å². The predicted octanol–water partition coefficient (Wildman–Crippen LogP) is 1.12. The zero-order valence-electron chi connectivity index (χ0n) is 9.27. The largest absolute Gasteiger partial charge is 0.493 e. The quantitative estimate of drug-likeness (QED) is 0.784. The Labute approximate surface area is 93.8 Å². The molecule has 0 aliphatic heterocycles. The van der Waals surface area contributed by atoms with Crippen molar-refractivity contribution in [3.8, 4) is 11.5 Å². The monoisotopic (exact) mass is 225 g/mol. The number of carbonyl (C=O) groups is 1. The van der Waals surface area contributed by atoms with Crippen LogP contribution in [-0.2, 0) is 0 Å². The molecular weight excluding hydrogens is 210 g/mol. The fourth-order valence-electron chi connectivity index (χ4n) is 1.14. The van der Waals surface area contributed by atoms with E-state index in [0.717, 1.165) is 0 Å². The van der Waals surface area contributed by atoms with E-state index in [4.69, 9.17) is 20.3 Å². The fraction of sp³-hybridized carbons (Fsp3) is 0.364. The van der Waals surface area contributed by atoms with Gasteiger partial charge < -0.3 is 20.3 Å². The van der Waals surface area contributed by atoms with Crippen LogP contribution in [0.15, 0.2) is 18.2 Å². The zero-order valence-corrected chi connectivity index (χ0v) is 9.27. The minimum absolute atomic E-state index is 0.0937. The molecule has 0 bridgehead atoms. The highest BCUT2D eigenvalue weighted by molar-refractivity contribution is 5.88. The number of aromatic carboxylic acids is 1. The molecule has 1 atom stereocenters. The molecule has 88 valence electrons. The number of hydrogen-bond acceptors (Lipinski definition) is 4. The Morgan fingerprint density at radius 3 is 2.69 bits per heavy atom. The normalized spacial score (nSPS) is 11.9. The van der Waals surface area contributed by atoms with Gasteiger partial charge in [-0.3, -0.25) is 0 Å². The van der Waals surface area contributed by atoms with Crippen molar-refractivity contribution in [2.75, 3.05) is 13.7 Å². The Hall–Kier alpha value is -1.75. The Morgan fingerprint density at radius 1 is 1.50 bits per heavy atom. The van der Waals surface area contributed by atoms with Crippen molar-refractivity contribution < 1.29 is 19.4 Å². The summed E-state index contributed by atoms with van der Waals surface area (Å²) in [4.78, 5) is 10.7. The third kappa shape index (κ3) is 3.13. The van der Waals surface area contributed by atoms with E-state index >= 15 is 0 Å². The summed E-state index contributed by atoms with van der Waals surface area (Å²) in [6.45, 7) is 2.17. The Morgan fingerprint density at radius 2 is 2.19 bits per heavy atom. The van der Waals surface area contributed by atoms with Gasteiger partial charge in [0.2, 0.25) is 0 Å². The van der Waals surface area contributed by atoms with Crippen LogP contribution in [0.2, 0.25) is 0 Å². The lowest BCUT2D eigenvalue weighted by Crippen LogP contribution is -2.23. The SMILES string of the molecule is COc1cc(C(=O)O)ccc1OC[C@@H](C)N. The summed E-state index contributed by atoms with van der Waals surface area (Å²) in [6.07, 6.45) is 0. The first-order valence-corrected chi connectivity index (χ1v) is 4.84. The number of rotatable bonds is 5. The number of carboxylic acid groups (broad SMARTS) is 1. The van der Waals surface area contributed by atoms with Crippen LogP contribution >= 0.6 is 0 Å². The lowest BCUT2D eigenvalue weighted by molar-refractivity contribution is 0.0696. The first-order valence-electron chi connectivity index (χ1n) is 4.84. The average Bonchev–Trinajstić information content (AvgIpc) is 2.25. The van der Waals surface area contributed by atoms with E-state index in [9.17, 15) is 4.79 Å². The molecule has 0 radical (unpaired) electrons. The number of carboxylic acids is 1. The summed E-state index contributed by atoms with van der Waals surface area (Å²) in [5.41, 5.74) is 5.71. The molecule has 16 heavy (non-hydrogen) atoms. The van der Waals surface area contributed by atoms with Gasteiger partial charge in [0.1, 0.15) is 6.61 Å². The van der Waals surface area contributed by atoms with E-state index in [1.165, 1.54) is 19.2 Å². The van der Waals surface area contributed by atoms with E-state index < -0.39 is 5.97 Å². The van der Waals surface area contributed by atoms with Crippen LogP contribution in [0.25, 0.3) is 0 Å². The van der Waals surface area contributed by atoms with Crippen molar-refractivity contribution in [1.82, 2.24) is 0 Å². The van der Waals surface area contributed by atoms with Crippen molar-refractivity contribution in [3.63, 3.8) is 0 Å². The lowest BCUT2D eigenvalue weighted by atomic mass is 10.2. The molecule has 0 heterocycles. The molecule has 0 amide bonds. The van der Waals surface area contributed by atoms with Crippen LogP contribution in [0.1, 0.15) is 17.3 Å². The summed E-state index contributed by atoms with van der Waals surface area (Å²) in [5.74, 6) is -0.123. The van der Waals surface area contributed by atoms with Crippen LogP contribution < -0.4 is 15.2 Å². The zero-order chi connectivity index (χ0) is 12.1. The maximum atomic E-state index is 10.7. The highest BCUT2D eigenvalue weighted by Gasteiger charge is 2.10. The highest BCUT2D eigenvalue weighted by Crippen LogP contribution is 2.28. The minimum atomic E-state index is -1.00. The summed E-state index contributed by atoms with van der Waals surface area (Å²) in [5, 5.41) is 8.80. The summed E-state index contributed by atoms with van der Waals surface area (Å²) in [7, 11) is 1.46. The molecule has 0 unspecified atom stereocenters. The topological polar surface area (TPSA) is 81.8 Å². The van der Waals surface area contributed by atoms with Gasteiger partial charge in [0.05, 0.1) is 12.7 Å². The molecule has 5 nitrogen and oxygen atoms in total. The second kappa shape index (κ2) is 5.37. The van der Waals surface area contributed by atoms with E-state index in [-0.39, 0.29) is 11.6 Å². The lowest BCUT2D eigenvalue weighted by Gasteiger charge is -2.12. The molecule has 1 aromatic carbocycles. The van der Waals surface area contributed by atoms with E-state index in [0.29, 0.717) is 18.1 Å². The van der Waals surface area contributed by atoms with Gasteiger partial charge in [0.15, 0.2) is 11.5 Å². The van der Waals surface area contributed by atoms with Crippen molar-refractivity contribution in [2.24, 2.45) is 5.73 Å². The molecule has 0 saturated heterocycles. The van der Waals surface area contributed by atoms with Crippen LogP contribution in [0.3, 0.4) is 0 Å². The molecule has 5 heteroatoms. The maximum Gasteiger partial charge on any atom is 0.335 e. The third-order valence-electron chi connectivity index (χ3n) is 1.91. The van der Waals surface area contributed by atoms with Crippen molar-refractivity contribution in [3.05, 3.63) is 23.8 Å². The van der Waals surface area contributed by atoms with E-state index in [1.807, 2.05) is 6.92 Å². The van der Waals surface area contributed by atoms with Gasteiger partial charge in [-0.1, -0.05) is 0 Å². The molecule has 0 saturated carbocycles. The molecule has 1 aromatic rings. The highest BCUT2D eigenvalue weighted by atomic mass is 16.5. The van der Waals surface area contributed by atoms with Gasteiger partial charge >= 0.3 is 5.97 Å². The molecule has 0 aliphatic carbocycles.